The molecular formula is C8H14N12O. The van der Waals surface area contributed by atoms with E-state index in [2.05, 4.69) is 40.5 Å². The fraction of sp³-hybridized carbons (Fsp3) is 0.250. The van der Waals surface area contributed by atoms with Crippen molar-refractivity contribution in [2.24, 2.45) is 0 Å². The highest BCUT2D eigenvalue weighted by Gasteiger charge is 2.02. The highest BCUT2D eigenvalue weighted by molar-refractivity contribution is 5.37. The number of aromatic nitrogens is 6. The zero-order valence-electron chi connectivity index (χ0n) is 10.8. The predicted octanol–water partition coefficient (Wildman–Crippen LogP) is -2.16. The Hall–Kier alpha value is -3.22. The van der Waals surface area contributed by atoms with Crippen LogP contribution in [-0.2, 0) is 4.74 Å². The summed E-state index contributed by atoms with van der Waals surface area (Å²) in [5.74, 6) is 0.458. The van der Waals surface area contributed by atoms with Gasteiger partial charge in [0.25, 0.3) is 0 Å². The largest absolute Gasteiger partial charge is 0.368 e. The van der Waals surface area contributed by atoms with E-state index in [1.807, 2.05) is 0 Å². The number of rotatable bonds is 6. The lowest BCUT2D eigenvalue weighted by atomic mass is 10.8. The van der Waals surface area contributed by atoms with E-state index in [0.29, 0.717) is 0 Å². The quantitative estimate of drug-likeness (QED) is 0.247. The average molecular weight is 294 g/mol. The molecule has 2 aromatic heterocycles. The molecule has 0 aromatic carbocycles. The van der Waals surface area contributed by atoms with Crippen molar-refractivity contribution >= 4 is 35.7 Å². The van der Waals surface area contributed by atoms with E-state index in [-0.39, 0.29) is 49.2 Å². The molecule has 2 rings (SSSR count). The third kappa shape index (κ3) is 4.43. The molecule has 21 heavy (non-hydrogen) atoms. The summed E-state index contributed by atoms with van der Waals surface area (Å²) in [6.07, 6.45) is 0. The summed E-state index contributed by atoms with van der Waals surface area (Å²) in [6.45, 7) is 0.178. The second kappa shape index (κ2) is 6.29. The van der Waals surface area contributed by atoms with Gasteiger partial charge < -0.3 is 38.3 Å². The molecule has 112 valence electrons. The van der Waals surface area contributed by atoms with Crippen LogP contribution in [-0.4, -0.2) is 43.4 Å². The molecule has 0 aliphatic carbocycles. The number of nitrogens with two attached hydrogens (primary N) is 4. The Morgan fingerprint density at radius 2 is 0.952 bits per heavy atom. The molecule has 0 atom stereocenters. The molecule has 0 radical (unpaired) electrons. The van der Waals surface area contributed by atoms with Gasteiger partial charge in [0.1, 0.15) is 13.5 Å². The first-order valence-corrected chi connectivity index (χ1v) is 5.62. The lowest BCUT2D eigenvalue weighted by Gasteiger charge is -2.08. The van der Waals surface area contributed by atoms with Gasteiger partial charge in [-0.15, -0.1) is 0 Å². The highest BCUT2D eigenvalue weighted by atomic mass is 16.5. The lowest BCUT2D eigenvalue weighted by molar-refractivity contribution is 0.170. The van der Waals surface area contributed by atoms with Crippen LogP contribution in [0.4, 0.5) is 35.7 Å². The zero-order valence-corrected chi connectivity index (χ0v) is 10.8. The Kier molecular flexibility index (Phi) is 4.25. The Bertz CT molecular complexity index is 524. The van der Waals surface area contributed by atoms with Crippen molar-refractivity contribution < 1.29 is 4.74 Å². The molecule has 0 unspecified atom stereocenters. The van der Waals surface area contributed by atoms with E-state index in [4.69, 9.17) is 27.7 Å². The molecule has 2 aromatic rings. The van der Waals surface area contributed by atoms with Gasteiger partial charge in [0.05, 0.1) is 0 Å². The number of ether oxygens (including phenoxy) is 1. The van der Waals surface area contributed by atoms with Crippen LogP contribution in [0, 0.1) is 0 Å². The van der Waals surface area contributed by atoms with Gasteiger partial charge in [-0.2, -0.15) is 29.9 Å². The van der Waals surface area contributed by atoms with Gasteiger partial charge in [-0.1, -0.05) is 0 Å². The smallest absolute Gasteiger partial charge is 0.231 e. The molecule has 0 spiro atoms. The number of nitrogens with zero attached hydrogens (tertiary/aromatic N) is 6. The molecule has 0 fully saturated rings. The number of anilines is 6. The Balaban J connectivity index is 1.74. The van der Waals surface area contributed by atoms with Crippen molar-refractivity contribution in [3.8, 4) is 0 Å². The van der Waals surface area contributed by atoms with Gasteiger partial charge in [0.2, 0.25) is 35.7 Å². The van der Waals surface area contributed by atoms with Crippen LogP contribution in [0.5, 0.6) is 0 Å². The van der Waals surface area contributed by atoms with Crippen molar-refractivity contribution in [1.29, 1.82) is 0 Å². The Labute approximate surface area is 118 Å². The van der Waals surface area contributed by atoms with Crippen molar-refractivity contribution in [3.05, 3.63) is 0 Å². The topological polar surface area (TPSA) is 215 Å². The summed E-state index contributed by atoms with van der Waals surface area (Å²) < 4.78 is 5.21. The lowest BCUT2D eigenvalue weighted by Crippen LogP contribution is -2.17. The zero-order chi connectivity index (χ0) is 15.2. The van der Waals surface area contributed by atoms with Crippen LogP contribution in [0.1, 0.15) is 0 Å². The summed E-state index contributed by atoms with van der Waals surface area (Å²) in [4.78, 5) is 22.5. The molecule has 13 heteroatoms. The minimum Gasteiger partial charge on any atom is -0.368 e. The van der Waals surface area contributed by atoms with E-state index in [1.54, 1.807) is 0 Å². The van der Waals surface area contributed by atoms with Crippen molar-refractivity contribution in [2.45, 2.75) is 0 Å². The summed E-state index contributed by atoms with van der Waals surface area (Å²) in [6, 6.07) is 0. The second-order valence-electron chi connectivity index (χ2n) is 3.60. The maximum Gasteiger partial charge on any atom is 0.231 e. The number of nitrogen functional groups attached to an aromatic ring is 4. The second-order valence-corrected chi connectivity index (χ2v) is 3.60. The van der Waals surface area contributed by atoms with E-state index in [1.165, 1.54) is 0 Å². The van der Waals surface area contributed by atoms with Crippen LogP contribution >= 0.6 is 0 Å². The van der Waals surface area contributed by atoms with Crippen molar-refractivity contribution in [2.75, 3.05) is 47.0 Å². The van der Waals surface area contributed by atoms with Gasteiger partial charge in [0, 0.05) is 0 Å². The van der Waals surface area contributed by atoms with Gasteiger partial charge in [-0.25, -0.2) is 0 Å². The SMILES string of the molecule is Nc1nc(N)nc(NCOCNc2nc(N)nc(N)n2)n1. The summed E-state index contributed by atoms with van der Waals surface area (Å²) in [5.41, 5.74) is 21.7. The molecule has 0 amide bonds. The van der Waals surface area contributed by atoms with E-state index in [9.17, 15) is 0 Å². The fourth-order valence-corrected chi connectivity index (χ4v) is 1.26. The maximum absolute atomic E-state index is 5.41. The first-order chi connectivity index (χ1) is 10.0. The van der Waals surface area contributed by atoms with Crippen LogP contribution in [0.2, 0.25) is 0 Å². The summed E-state index contributed by atoms with van der Waals surface area (Å²) >= 11 is 0. The van der Waals surface area contributed by atoms with Crippen LogP contribution in [0.15, 0.2) is 0 Å². The van der Waals surface area contributed by atoms with E-state index < -0.39 is 0 Å². The van der Waals surface area contributed by atoms with Gasteiger partial charge >= 0.3 is 0 Å². The average Bonchev–Trinajstić information content (AvgIpc) is 2.36. The molecule has 10 N–H and O–H groups in total. The summed E-state index contributed by atoms with van der Waals surface area (Å²) in [5, 5.41) is 5.50. The Morgan fingerprint density at radius 1 is 0.619 bits per heavy atom. The first-order valence-electron chi connectivity index (χ1n) is 5.62. The fourth-order valence-electron chi connectivity index (χ4n) is 1.26. The standard InChI is InChI=1S/C8H14N12O/c9-3-15-4(10)18-7(17-3)13-1-21-2-14-8-19-5(11)16-6(12)20-8/h1-2H2,(H5,9,10,13,15,17,18)(H5,11,12,14,16,19,20). The monoisotopic (exact) mass is 294 g/mol. The highest BCUT2D eigenvalue weighted by Crippen LogP contribution is 2.04. The number of hydrogen-bond acceptors (Lipinski definition) is 13. The third-order valence-electron chi connectivity index (χ3n) is 2.00. The molecule has 2 heterocycles. The van der Waals surface area contributed by atoms with Gasteiger partial charge in [-0.05, 0) is 0 Å². The Morgan fingerprint density at radius 3 is 1.29 bits per heavy atom. The number of nitrogens with one attached hydrogen (secondary N) is 2. The van der Waals surface area contributed by atoms with Crippen molar-refractivity contribution in [3.63, 3.8) is 0 Å². The van der Waals surface area contributed by atoms with E-state index >= 15 is 0 Å². The maximum atomic E-state index is 5.41. The predicted molar refractivity (Wildman–Crippen MR) is 75.4 cm³/mol. The molecule has 0 saturated carbocycles. The van der Waals surface area contributed by atoms with Crippen molar-refractivity contribution in [1.82, 2.24) is 29.9 Å². The van der Waals surface area contributed by atoms with Crippen LogP contribution in [0.3, 0.4) is 0 Å². The minimum atomic E-state index is 0.0132. The summed E-state index contributed by atoms with van der Waals surface area (Å²) in [7, 11) is 0. The van der Waals surface area contributed by atoms with E-state index in [0.717, 1.165) is 0 Å². The van der Waals surface area contributed by atoms with Gasteiger partial charge in [-0.3, -0.25) is 0 Å². The molecular weight excluding hydrogens is 280 g/mol. The van der Waals surface area contributed by atoms with Crippen LogP contribution in [0.25, 0.3) is 0 Å². The first kappa shape index (κ1) is 14.2. The number of hydrogen-bond donors (Lipinski definition) is 6. The molecule has 0 aliphatic heterocycles. The molecule has 0 aliphatic rings. The van der Waals surface area contributed by atoms with Crippen LogP contribution < -0.4 is 33.6 Å². The van der Waals surface area contributed by atoms with Gasteiger partial charge in [0.15, 0.2) is 0 Å². The normalized spacial score (nSPS) is 10.3. The molecule has 0 bridgehead atoms. The molecule has 13 nitrogen and oxygen atoms in total. The third-order valence-corrected chi connectivity index (χ3v) is 2.00. The molecule has 0 saturated heterocycles. The minimum absolute atomic E-state index is 0.0132.